The van der Waals surface area contributed by atoms with E-state index in [0.717, 1.165) is 10.9 Å². The van der Waals surface area contributed by atoms with E-state index in [0.29, 0.717) is 12.3 Å². The summed E-state index contributed by atoms with van der Waals surface area (Å²) in [5, 5.41) is 6.46. The van der Waals surface area contributed by atoms with Crippen LogP contribution in [0, 0.1) is 5.92 Å². The topological polar surface area (TPSA) is 156 Å². The molecule has 0 saturated heterocycles. The highest BCUT2D eigenvalue weighted by atomic mass is 16.7. The lowest BCUT2D eigenvalue weighted by atomic mass is 10.1. The fraction of sp³-hybridized carbons (Fsp3) is 0.655. The Hall–Kier alpha value is -3.58. The number of benzene rings is 1. The smallest absolute Gasteiger partial charge is 0.407 e. The third-order valence-electron chi connectivity index (χ3n) is 5.57. The Labute approximate surface area is 247 Å². The predicted octanol–water partition coefficient (Wildman–Crippen LogP) is 3.11. The second kappa shape index (κ2) is 14.1. The number of ether oxygens (including phenoxy) is 4. The van der Waals surface area contributed by atoms with E-state index in [1.807, 2.05) is 34.7 Å². The largest absolute Gasteiger partial charge is 0.490 e. The van der Waals surface area contributed by atoms with Gasteiger partial charge in [-0.05, 0) is 74.4 Å². The van der Waals surface area contributed by atoms with Crippen LogP contribution in [-0.2, 0) is 37.4 Å². The zero-order chi connectivity index (χ0) is 31.9. The van der Waals surface area contributed by atoms with Crippen molar-refractivity contribution in [2.75, 3.05) is 19.7 Å². The number of amides is 2. The van der Waals surface area contributed by atoms with Crippen molar-refractivity contribution in [1.29, 1.82) is 0 Å². The maximum Gasteiger partial charge on any atom is 0.407 e. The molecule has 0 aliphatic heterocycles. The highest BCUT2D eigenvalue weighted by molar-refractivity contribution is 5.77. The summed E-state index contributed by atoms with van der Waals surface area (Å²) in [6, 6.07) is 5.50. The Bertz CT molecular complexity index is 1190. The van der Waals surface area contributed by atoms with Crippen LogP contribution in [0.25, 0.3) is 10.9 Å². The summed E-state index contributed by atoms with van der Waals surface area (Å²) in [6.07, 6.45) is -0.239. The van der Waals surface area contributed by atoms with E-state index in [9.17, 15) is 14.4 Å². The van der Waals surface area contributed by atoms with E-state index in [1.54, 1.807) is 68.4 Å². The Morgan fingerprint density at radius 3 is 1.88 bits per heavy atom. The van der Waals surface area contributed by atoms with Gasteiger partial charge in [-0.2, -0.15) is 4.68 Å². The number of alkyl carbamates (subject to hydrolysis) is 2. The van der Waals surface area contributed by atoms with Crippen LogP contribution in [0.15, 0.2) is 24.4 Å². The fourth-order valence-corrected chi connectivity index (χ4v) is 3.83. The van der Waals surface area contributed by atoms with Crippen LogP contribution in [-0.4, -0.2) is 65.4 Å². The van der Waals surface area contributed by atoms with E-state index < -0.39 is 41.1 Å². The first-order valence-electron chi connectivity index (χ1n) is 13.9. The molecule has 4 N–H and O–H groups in total. The van der Waals surface area contributed by atoms with Gasteiger partial charge in [-0.1, -0.05) is 0 Å². The van der Waals surface area contributed by atoms with Gasteiger partial charge in [-0.15, -0.1) is 4.68 Å². The third-order valence-corrected chi connectivity index (χ3v) is 5.57. The van der Waals surface area contributed by atoms with Gasteiger partial charge in [-0.3, -0.25) is 4.84 Å². The third kappa shape index (κ3) is 12.1. The maximum atomic E-state index is 12.3. The van der Waals surface area contributed by atoms with Crippen molar-refractivity contribution in [3.8, 4) is 5.75 Å². The molecule has 1 unspecified atom stereocenters. The zero-order valence-electron chi connectivity index (χ0n) is 26.5. The lowest BCUT2D eigenvalue weighted by Gasteiger charge is -2.23. The van der Waals surface area contributed by atoms with Gasteiger partial charge in [0.2, 0.25) is 11.6 Å². The van der Waals surface area contributed by atoms with Gasteiger partial charge >= 0.3 is 18.2 Å². The predicted molar refractivity (Wildman–Crippen MR) is 155 cm³/mol. The summed E-state index contributed by atoms with van der Waals surface area (Å²) in [4.78, 5) is 41.7. The lowest BCUT2D eigenvalue weighted by molar-refractivity contribution is -0.731. The van der Waals surface area contributed by atoms with Crippen molar-refractivity contribution in [1.82, 2.24) is 15.3 Å². The molecule has 13 nitrogen and oxygen atoms in total. The number of esters is 1. The summed E-state index contributed by atoms with van der Waals surface area (Å²) >= 11 is 0. The molecule has 2 rings (SSSR count). The number of hydrogen-bond acceptors (Lipinski definition) is 9. The first kappa shape index (κ1) is 34.6. The Morgan fingerprint density at radius 1 is 0.881 bits per heavy atom. The molecule has 1 atom stereocenters. The maximum absolute atomic E-state index is 12.3. The number of fused-ring (bicyclic) bond motifs is 1. The fourth-order valence-electron chi connectivity index (χ4n) is 3.83. The van der Waals surface area contributed by atoms with E-state index in [2.05, 4.69) is 10.6 Å². The number of nitrogens with one attached hydrogen (secondary N) is 2. The van der Waals surface area contributed by atoms with Crippen LogP contribution in [0.1, 0.15) is 62.3 Å². The molecule has 2 aromatic rings. The Kier molecular flexibility index (Phi) is 11.6. The van der Waals surface area contributed by atoms with E-state index >= 15 is 0 Å². The average Bonchev–Trinajstić information content (AvgIpc) is 3.12. The zero-order valence-corrected chi connectivity index (χ0v) is 26.5. The molecule has 0 fully saturated rings. The number of aromatic nitrogens is 2. The Morgan fingerprint density at radius 2 is 1.40 bits per heavy atom. The average molecular weight is 595 g/mol. The van der Waals surface area contributed by atoms with E-state index in [4.69, 9.17) is 29.7 Å². The molecule has 1 aromatic carbocycles. The van der Waals surface area contributed by atoms with Gasteiger partial charge in [0.15, 0.2) is 7.05 Å². The number of hydrogen-bond donors (Lipinski definition) is 3. The van der Waals surface area contributed by atoms with Crippen molar-refractivity contribution >= 4 is 29.1 Å². The van der Waals surface area contributed by atoms with E-state index in [-0.39, 0.29) is 25.6 Å². The van der Waals surface area contributed by atoms with Gasteiger partial charge in [0.05, 0.1) is 18.1 Å². The molecular weight excluding hydrogens is 546 g/mol. The summed E-state index contributed by atoms with van der Waals surface area (Å²) < 4.78 is 25.8. The second-order valence-electron chi connectivity index (χ2n) is 13.1. The number of rotatable bonds is 11. The molecule has 13 heteroatoms. The van der Waals surface area contributed by atoms with Gasteiger partial charge in [-0.25, -0.2) is 20.3 Å². The molecule has 1 heterocycles. The molecule has 0 aliphatic rings. The molecular formula is C29H48N5O8+. The standard InChI is InChI=1S/C29H47N5O8/c1-27(2,3)39-24(35)23(42-30)18-38-21-11-12-22-20(13-21)17-34(33(22)10)16-19(14-31-25(36)40-28(4,5)6)15-32-26(37)41-29(7,8)9/h11-13,17,19,23H,14-16,18,30H2,1-10H3,(H-,31,32,36,37)/p+1. The molecule has 0 bridgehead atoms. The van der Waals surface area contributed by atoms with E-state index in [1.165, 1.54) is 0 Å². The van der Waals surface area contributed by atoms with Crippen LogP contribution in [0.3, 0.4) is 0 Å². The normalized spacial score (nSPS) is 13.0. The molecule has 0 spiro atoms. The van der Waals surface area contributed by atoms with Crippen LogP contribution in [0.5, 0.6) is 5.75 Å². The molecule has 236 valence electrons. The summed E-state index contributed by atoms with van der Waals surface area (Å²) in [5.41, 5.74) is -1.04. The Balaban J connectivity index is 2.17. The van der Waals surface area contributed by atoms with Crippen molar-refractivity contribution in [3.05, 3.63) is 24.4 Å². The van der Waals surface area contributed by atoms with Gasteiger partial charge in [0, 0.05) is 25.1 Å². The summed E-state index contributed by atoms with van der Waals surface area (Å²) in [6.45, 7) is 16.8. The minimum Gasteiger partial charge on any atom is -0.490 e. The lowest BCUT2D eigenvalue weighted by Crippen LogP contribution is -2.45. The highest BCUT2D eigenvalue weighted by Gasteiger charge is 2.27. The van der Waals surface area contributed by atoms with Gasteiger partial charge in [0.1, 0.15) is 29.2 Å². The first-order valence-corrected chi connectivity index (χ1v) is 13.9. The highest BCUT2D eigenvalue weighted by Crippen LogP contribution is 2.20. The van der Waals surface area contributed by atoms with Crippen molar-refractivity contribution in [2.45, 2.75) is 91.8 Å². The minimum atomic E-state index is -1.09. The van der Waals surface area contributed by atoms with Crippen LogP contribution in [0.2, 0.25) is 0 Å². The van der Waals surface area contributed by atoms with Crippen LogP contribution in [0.4, 0.5) is 9.59 Å². The number of carbonyl (C=O) groups excluding carboxylic acids is 3. The van der Waals surface area contributed by atoms with Crippen LogP contribution < -0.4 is 25.9 Å². The number of nitrogens with two attached hydrogens (primary N) is 1. The molecule has 0 radical (unpaired) electrons. The van der Waals surface area contributed by atoms with Crippen molar-refractivity contribution in [3.63, 3.8) is 0 Å². The van der Waals surface area contributed by atoms with Crippen molar-refractivity contribution in [2.24, 2.45) is 18.9 Å². The molecule has 0 aliphatic carbocycles. The van der Waals surface area contributed by atoms with Crippen LogP contribution >= 0.6 is 0 Å². The second-order valence-corrected chi connectivity index (χ2v) is 13.1. The summed E-state index contributed by atoms with van der Waals surface area (Å²) in [5.74, 6) is 5.00. The number of carbonyl (C=O) groups is 3. The molecule has 1 aromatic heterocycles. The summed E-state index contributed by atoms with van der Waals surface area (Å²) in [7, 11) is 1.91. The quantitative estimate of drug-likeness (QED) is 0.154. The van der Waals surface area contributed by atoms with Gasteiger partial charge in [0.25, 0.3) is 0 Å². The number of nitrogens with zero attached hydrogens (tertiary/aromatic N) is 2. The SMILES string of the molecule is C[n+]1c2ccc(OCC(ON)C(=O)OC(C)(C)C)cc2cn1CC(CNC(=O)OC(C)(C)C)CNC(=O)OC(C)(C)C. The van der Waals surface area contributed by atoms with Gasteiger partial charge < -0.3 is 29.6 Å². The minimum absolute atomic E-state index is 0.126. The molecule has 42 heavy (non-hydrogen) atoms. The molecule has 0 saturated carbocycles. The monoisotopic (exact) mass is 594 g/mol. The van der Waals surface area contributed by atoms with Crippen molar-refractivity contribution < 1.29 is 42.9 Å². The first-order chi connectivity index (χ1) is 19.3. The molecule has 2 amide bonds. The number of aryl methyl sites for hydroxylation is 1.